The number of cyclic esters (lactones) is 1. The van der Waals surface area contributed by atoms with Gasteiger partial charge in [-0.25, -0.2) is 19.6 Å². The maximum absolute atomic E-state index is 11.7. The molecule has 1 saturated heterocycles. The fourth-order valence-electron chi connectivity index (χ4n) is 2.05. The number of aromatic carboxylic acids is 1. The molecule has 1 N–H and O–H groups in total. The number of likely N-dealkylation sites (N-methyl/N-ethyl adjacent to an activating group) is 1. The number of carbonyl (C=O) groups is 2. The fourth-order valence-corrected chi connectivity index (χ4v) is 2.05. The molecule has 7 heteroatoms. The van der Waals surface area contributed by atoms with Gasteiger partial charge in [0.2, 0.25) is 0 Å². The summed E-state index contributed by atoms with van der Waals surface area (Å²) in [6, 6.07) is 6.14. The van der Waals surface area contributed by atoms with Crippen LogP contribution in [0, 0.1) is 0 Å². The topological polar surface area (TPSA) is 79.3 Å². The molecule has 7 nitrogen and oxygen atoms in total. The standard InChI is InChI=1S/C14H18N2O5/c1-2-15-7-9-21-14(19)16(15)8-10-20-12-5-3-11(4-6-12)13(17)18/h3-6H,2,7-10H2,1H3,(H,17,18). The minimum Gasteiger partial charge on any atom is -0.492 e. The molecule has 0 radical (unpaired) electrons. The van der Waals surface area contributed by atoms with E-state index in [2.05, 4.69) is 0 Å². The Hall–Kier alpha value is -2.28. The zero-order valence-electron chi connectivity index (χ0n) is 11.8. The van der Waals surface area contributed by atoms with Gasteiger partial charge in [-0.3, -0.25) is 0 Å². The highest BCUT2D eigenvalue weighted by atomic mass is 16.6. The zero-order chi connectivity index (χ0) is 15.2. The van der Waals surface area contributed by atoms with Gasteiger partial charge in [0.25, 0.3) is 0 Å². The van der Waals surface area contributed by atoms with Gasteiger partial charge in [-0.05, 0) is 24.3 Å². The number of hydrogen-bond acceptors (Lipinski definition) is 5. The lowest BCUT2D eigenvalue weighted by molar-refractivity contribution is -0.0693. The Balaban J connectivity index is 1.85. The molecule has 21 heavy (non-hydrogen) atoms. The van der Waals surface area contributed by atoms with Crippen molar-refractivity contribution in [1.82, 2.24) is 10.0 Å². The number of nitrogens with zero attached hydrogens (tertiary/aromatic N) is 2. The van der Waals surface area contributed by atoms with Crippen molar-refractivity contribution in [3.8, 4) is 5.75 Å². The molecule has 0 spiro atoms. The van der Waals surface area contributed by atoms with Gasteiger partial charge in [-0.2, -0.15) is 0 Å². The molecule has 1 fully saturated rings. The third kappa shape index (κ3) is 3.85. The number of carboxylic acids is 1. The van der Waals surface area contributed by atoms with Crippen molar-refractivity contribution < 1.29 is 24.2 Å². The van der Waals surface area contributed by atoms with Crippen molar-refractivity contribution in [3.63, 3.8) is 0 Å². The summed E-state index contributed by atoms with van der Waals surface area (Å²) < 4.78 is 10.5. The van der Waals surface area contributed by atoms with E-state index in [1.165, 1.54) is 17.1 Å². The first-order chi connectivity index (χ1) is 10.1. The smallest absolute Gasteiger partial charge is 0.424 e. The van der Waals surface area contributed by atoms with Crippen LogP contribution in [-0.4, -0.2) is 60.0 Å². The Morgan fingerprint density at radius 3 is 2.71 bits per heavy atom. The van der Waals surface area contributed by atoms with Gasteiger partial charge >= 0.3 is 12.1 Å². The summed E-state index contributed by atoms with van der Waals surface area (Å²) in [6.07, 6.45) is -0.368. The number of rotatable bonds is 6. The summed E-state index contributed by atoms with van der Waals surface area (Å²) in [5.74, 6) is -0.412. The van der Waals surface area contributed by atoms with Gasteiger partial charge in [0.05, 0.1) is 18.7 Å². The average Bonchev–Trinajstić information content (AvgIpc) is 2.49. The van der Waals surface area contributed by atoms with Crippen LogP contribution in [0.2, 0.25) is 0 Å². The molecule has 1 amide bonds. The van der Waals surface area contributed by atoms with E-state index in [1.54, 1.807) is 12.1 Å². The number of hydrogen-bond donors (Lipinski definition) is 1. The molecule has 0 aromatic heterocycles. The van der Waals surface area contributed by atoms with Crippen LogP contribution >= 0.6 is 0 Å². The van der Waals surface area contributed by atoms with Gasteiger partial charge in [0.15, 0.2) is 0 Å². The van der Waals surface area contributed by atoms with Crippen LogP contribution in [-0.2, 0) is 4.74 Å². The first-order valence-corrected chi connectivity index (χ1v) is 6.77. The molecule has 2 rings (SSSR count). The van der Waals surface area contributed by atoms with Gasteiger partial charge in [-0.15, -0.1) is 0 Å². The molecular formula is C14H18N2O5. The lowest BCUT2D eigenvalue weighted by Crippen LogP contribution is -2.53. The average molecular weight is 294 g/mol. The van der Waals surface area contributed by atoms with E-state index >= 15 is 0 Å². The normalized spacial score (nSPS) is 15.7. The van der Waals surface area contributed by atoms with E-state index in [4.69, 9.17) is 14.6 Å². The molecule has 114 valence electrons. The van der Waals surface area contributed by atoms with Crippen molar-refractivity contribution in [2.24, 2.45) is 0 Å². The lowest BCUT2D eigenvalue weighted by Gasteiger charge is -2.36. The van der Waals surface area contributed by atoms with Crippen LogP contribution < -0.4 is 4.74 Å². The quantitative estimate of drug-likeness (QED) is 0.855. The van der Waals surface area contributed by atoms with Crippen molar-refractivity contribution in [1.29, 1.82) is 0 Å². The largest absolute Gasteiger partial charge is 0.492 e. The van der Waals surface area contributed by atoms with Crippen LogP contribution in [0.25, 0.3) is 0 Å². The van der Waals surface area contributed by atoms with E-state index in [0.29, 0.717) is 32.1 Å². The number of hydrazine groups is 1. The highest BCUT2D eigenvalue weighted by Gasteiger charge is 2.26. The molecule has 0 unspecified atom stereocenters. The molecule has 0 saturated carbocycles. The zero-order valence-corrected chi connectivity index (χ0v) is 11.8. The molecule has 1 aromatic carbocycles. The third-order valence-corrected chi connectivity index (χ3v) is 3.17. The summed E-state index contributed by atoms with van der Waals surface area (Å²) in [6.45, 7) is 4.46. The van der Waals surface area contributed by atoms with Crippen LogP contribution in [0.1, 0.15) is 17.3 Å². The van der Waals surface area contributed by atoms with Crippen LogP contribution in [0.3, 0.4) is 0 Å². The second-order valence-corrected chi connectivity index (χ2v) is 4.46. The summed E-state index contributed by atoms with van der Waals surface area (Å²) in [7, 11) is 0. The van der Waals surface area contributed by atoms with E-state index in [9.17, 15) is 9.59 Å². The first kappa shape index (κ1) is 15.1. The van der Waals surface area contributed by atoms with E-state index in [1.807, 2.05) is 11.9 Å². The van der Waals surface area contributed by atoms with Crippen molar-refractivity contribution >= 4 is 12.1 Å². The Morgan fingerprint density at radius 2 is 2.10 bits per heavy atom. The molecule has 0 aliphatic carbocycles. The van der Waals surface area contributed by atoms with E-state index in [-0.39, 0.29) is 11.7 Å². The Morgan fingerprint density at radius 1 is 1.38 bits per heavy atom. The minimum atomic E-state index is -0.976. The number of ether oxygens (including phenoxy) is 2. The SMILES string of the molecule is CCN1CCOC(=O)N1CCOc1ccc(C(=O)O)cc1. The number of amides is 1. The van der Waals surface area contributed by atoms with E-state index in [0.717, 1.165) is 6.54 Å². The maximum atomic E-state index is 11.7. The highest BCUT2D eigenvalue weighted by Crippen LogP contribution is 2.13. The molecule has 1 aromatic rings. The lowest BCUT2D eigenvalue weighted by atomic mass is 10.2. The van der Waals surface area contributed by atoms with Crippen molar-refractivity contribution in [2.45, 2.75) is 6.92 Å². The van der Waals surface area contributed by atoms with Crippen molar-refractivity contribution in [3.05, 3.63) is 29.8 Å². The monoisotopic (exact) mass is 294 g/mol. The molecule has 1 heterocycles. The molecule has 0 bridgehead atoms. The Labute approximate surface area is 122 Å². The Kier molecular flexibility index (Phi) is 4.99. The second-order valence-electron chi connectivity index (χ2n) is 4.46. The van der Waals surface area contributed by atoms with Crippen LogP contribution in [0.15, 0.2) is 24.3 Å². The number of carboxylic acid groups (broad SMARTS) is 1. The van der Waals surface area contributed by atoms with Crippen LogP contribution in [0.4, 0.5) is 4.79 Å². The summed E-state index contributed by atoms with van der Waals surface area (Å²) >= 11 is 0. The van der Waals surface area contributed by atoms with Crippen molar-refractivity contribution in [2.75, 3.05) is 32.8 Å². The molecule has 1 aliphatic rings. The molecule has 0 atom stereocenters. The maximum Gasteiger partial charge on any atom is 0.424 e. The second kappa shape index (κ2) is 6.94. The summed E-state index contributed by atoms with van der Waals surface area (Å²) in [5.41, 5.74) is 0.208. The highest BCUT2D eigenvalue weighted by molar-refractivity contribution is 5.87. The third-order valence-electron chi connectivity index (χ3n) is 3.17. The summed E-state index contributed by atoms with van der Waals surface area (Å²) in [4.78, 5) is 22.4. The van der Waals surface area contributed by atoms with E-state index < -0.39 is 5.97 Å². The fraction of sp³-hybridized carbons (Fsp3) is 0.429. The summed E-state index contributed by atoms with van der Waals surface area (Å²) in [5, 5.41) is 12.2. The predicted octanol–water partition coefficient (Wildman–Crippen LogP) is 1.45. The van der Waals surface area contributed by atoms with Gasteiger partial charge in [0, 0.05) is 6.54 Å². The number of carbonyl (C=O) groups excluding carboxylic acids is 1. The van der Waals surface area contributed by atoms with Gasteiger partial charge in [0.1, 0.15) is 19.0 Å². The van der Waals surface area contributed by atoms with Gasteiger partial charge in [-0.1, -0.05) is 6.92 Å². The van der Waals surface area contributed by atoms with Crippen LogP contribution in [0.5, 0.6) is 5.75 Å². The number of benzene rings is 1. The first-order valence-electron chi connectivity index (χ1n) is 6.77. The molecular weight excluding hydrogens is 276 g/mol. The molecule has 1 aliphatic heterocycles. The predicted molar refractivity (Wildman–Crippen MR) is 74.2 cm³/mol. The van der Waals surface area contributed by atoms with Gasteiger partial charge < -0.3 is 14.6 Å². The minimum absolute atomic E-state index is 0.208. The Bertz CT molecular complexity index is 503.